The average Bonchev–Trinajstić information content (AvgIpc) is 2.65. The summed E-state index contributed by atoms with van der Waals surface area (Å²) in [5.74, 6) is 0.165. The summed E-state index contributed by atoms with van der Waals surface area (Å²) in [6, 6.07) is 8.04. The van der Waals surface area contributed by atoms with Crippen LogP contribution in [0.3, 0.4) is 0 Å². The van der Waals surface area contributed by atoms with Crippen molar-refractivity contribution >= 4 is 22.7 Å². The summed E-state index contributed by atoms with van der Waals surface area (Å²) in [5, 5.41) is 4.13. The number of benzene rings is 1. The Morgan fingerprint density at radius 1 is 1.11 bits per heavy atom. The van der Waals surface area contributed by atoms with E-state index in [0.717, 1.165) is 60.4 Å². The molecule has 0 unspecified atom stereocenters. The maximum Gasteiger partial charge on any atom is 0.224 e. The van der Waals surface area contributed by atoms with E-state index in [-0.39, 0.29) is 11.8 Å². The van der Waals surface area contributed by atoms with Gasteiger partial charge >= 0.3 is 0 Å². The number of hydrogen-bond acceptors (Lipinski definition) is 4. The number of nitrogens with one attached hydrogen (secondary N) is 1. The second-order valence-corrected chi connectivity index (χ2v) is 7.19. The van der Waals surface area contributed by atoms with Crippen LogP contribution in [0.2, 0.25) is 0 Å². The van der Waals surface area contributed by atoms with Gasteiger partial charge in [0.1, 0.15) is 0 Å². The van der Waals surface area contributed by atoms with Crippen molar-refractivity contribution in [3.05, 3.63) is 41.1 Å². The maximum absolute atomic E-state index is 12.4. The molecule has 1 N–H and O–H groups in total. The van der Waals surface area contributed by atoms with Crippen molar-refractivity contribution in [1.82, 2.24) is 20.1 Å². The van der Waals surface area contributed by atoms with Crippen LogP contribution < -0.4 is 5.32 Å². The largest absolute Gasteiger partial charge is 0.355 e. The highest BCUT2D eigenvalue weighted by Crippen LogP contribution is 2.22. The Bertz CT molecular complexity index is 841. The SMILES string of the molecule is CC(=O)N1CCN(CCNC(=O)Cc2c(C)nc3ccccc3c2C)CC1. The van der Waals surface area contributed by atoms with E-state index in [1.165, 1.54) is 0 Å². The standard InChI is InChI=1S/C21H28N4O2/c1-15-18-6-4-5-7-20(18)23-16(2)19(15)14-21(27)22-8-9-24-10-12-25(13-11-24)17(3)26/h4-7H,8-14H2,1-3H3,(H,22,27). The summed E-state index contributed by atoms with van der Waals surface area (Å²) in [6.07, 6.45) is 0.355. The molecule has 6 heteroatoms. The summed E-state index contributed by atoms with van der Waals surface area (Å²) < 4.78 is 0. The number of carbonyl (C=O) groups excluding carboxylic acids is 2. The van der Waals surface area contributed by atoms with Crippen molar-refractivity contribution in [3.63, 3.8) is 0 Å². The van der Waals surface area contributed by atoms with E-state index in [1.54, 1.807) is 6.92 Å². The molecule has 27 heavy (non-hydrogen) atoms. The topological polar surface area (TPSA) is 65.5 Å². The Labute approximate surface area is 160 Å². The van der Waals surface area contributed by atoms with Crippen molar-refractivity contribution in [2.75, 3.05) is 39.3 Å². The molecule has 1 aliphatic heterocycles. The molecule has 144 valence electrons. The summed E-state index contributed by atoms with van der Waals surface area (Å²) >= 11 is 0. The highest BCUT2D eigenvalue weighted by Gasteiger charge is 2.18. The minimum atomic E-state index is 0.0284. The third kappa shape index (κ3) is 4.63. The zero-order valence-corrected chi connectivity index (χ0v) is 16.4. The number of carbonyl (C=O) groups is 2. The number of rotatable bonds is 5. The molecule has 0 saturated carbocycles. The van der Waals surface area contributed by atoms with E-state index in [0.29, 0.717) is 13.0 Å². The lowest BCUT2D eigenvalue weighted by Crippen LogP contribution is -2.49. The van der Waals surface area contributed by atoms with Gasteiger partial charge in [0.15, 0.2) is 0 Å². The smallest absolute Gasteiger partial charge is 0.224 e. The summed E-state index contributed by atoms with van der Waals surface area (Å²) in [7, 11) is 0. The maximum atomic E-state index is 12.4. The van der Waals surface area contributed by atoms with Crippen LogP contribution in [0.5, 0.6) is 0 Å². The molecule has 0 atom stereocenters. The summed E-state index contributed by atoms with van der Waals surface area (Å²) in [6.45, 7) is 10.3. The van der Waals surface area contributed by atoms with Crippen molar-refractivity contribution in [2.24, 2.45) is 0 Å². The number of fused-ring (bicyclic) bond motifs is 1. The van der Waals surface area contributed by atoms with Gasteiger partial charge in [-0.3, -0.25) is 19.5 Å². The Kier molecular flexibility index (Phi) is 6.06. The summed E-state index contributed by atoms with van der Waals surface area (Å²) in [4.78, 5) is 32.6. The molecule has 3 rings (SSSR count). The predicted molar refractivity (Wildman–Crippen MR) is 107 cm³/mol. The zero-order chi connectivity index (χ0) is 19.4. The first-order valence-electron chi connectivity index (χ1n) is 9.55. The van der Waals surface area contributed by atoms with Gasteiger partial charge in [-0.25, -0.2) is 0 Å². The third-order valence-electron chi connectivity index (χ3n) is 5.39. The number of aryl methyl sites for hydroxylation is 2. The second kappa shape index (κ2) is 8.48. The van der Waals surface area contributed by atoms with Gasteiger partial charge in [0.25, 0.3) is 0 Å². The van der Waals surface area contributed by atoms with Gasteiger partial charge in [0.2, 0.25) is 11.8 Å². The number of nitrogens with zero attached hydrogens (tertiary/aromatic N) is 3. The van der Waals surface area contributed by atoms with E-state index < -0.39 is 0 Å². The molecule has 2 amide bonds. The number of piperazine rings is 1. The van der Waals surface area contributed by atoms with Gasteiger partial charge in [0.05, 0.1) is 11.9 Å². The quantitative estimate of drug-likeness (QED) is 0.872. The van der Waals surface area contributed by atoms with E-state index in [1.807, 2.05) is 30.0 Å². The molecule has 0 spiro atoms. The fourth-order valence-corrected chi connectivity index (χ4v) is 3.69. The highest BCUT2D eigenvalue weighted by atomic mass is 16.2. The molecule has 0 bridgehead atoms. The van der Waals surface area contributed by atoms with E-state index >= 15 is 0 Å². The van der Waals surface area contributed by atoms with Crippen molar-refractivity contribution in [1.29, 1.82) is 0 Å². The average molecular weight is 368 g/mol. The normalized spacial score (nSPS) is 15.1. The predicted octanol–water partition coefficient (Wildman–Crippen LogP) is 1.67. The number of amides is 2. The van der Waals surface area contributed by atoms with E-state index in [4.69, 9.17) is 0 Å². The minimum Gasteiger partial charge on any atom is -0.355 e. The Morgan fingerprint density at radius 3 is 2.52 bits per heavy atom. The lowest BCUT2D eigenvalue weighted by molar-refractivity contribution is -0.130. The minimum absolute atomic E-state index is 0.0284. The fourth-order valence-electron chi connectivity index (χ4n) is 3.69. The molecule has 0 aliphatic carbocycles. The van der Waals surface area contributed by atoms with Crippen LogP contribution in [0, 0.1) is 13.8 Å². The molecular weight excluding hydrogens is 340 g/mol. The lowest BCUT2D eigenvalue weighted by Gasteiger charge is -2.34. The van der Waals surface area contributed by atoms with Crippen molar-refractivity contribution in [3.8, 4) is 0 Å². The van der Waals surface area contributed by atoms with Gasteiger partial charge in [-0.15, -0.1) is 0 Å². The van der Waals surface area contributed by atoms with Crippen molar-refractivity contribution in [2.45, 2.75) is 27.2 Å². The van der Waals surface area contributed by atoms with E-state index in [9.17, 15) is 9.59 Å². The van der Waals surface area contributed by atoms with Crippen LogP contribution in [0.4, 0.5) is 0 Å². The molecular formula is C21H28N4O2. The van der Waals surface area contributed by atoms with Crippen LogP contribution in [-0.2, 0) is 16.0 Å². The van der Waals surface area contributed by atoms with Crippen LogP contribution in [0.1, 0.15) is 23.7 Å². The fraction of sp³-hybridized carbons (Fsp3) is 0.476. The first-order valence-corrected chi connectivity index (χ1v) is 9.55. The Morgan fingerprint density at radius 2 is 1.81 bits per heavy atom. The molecule has 1 fully saturated rings. The molecule has 1 aromatic heterocycles. The molecule has 2 heterocycles. The van der Waals surface area contributed by atoms with Crippen LogP contribution in [-0.4, -0.2) is 65.9 Å². The number of pyridine rings is 1. The van der Waals surface area contributed by atoms with Gasteiger partial charge in [-0.05, 0) is 31.0 Å². The van der Waals surface area contributed by atoms with Gasteiger partial charge < -0.3 is 10.2 Å². The second-order valence-electron chi connectivity index (χ2n) is 7.19. The Balaban J connectivity index is 1.52. The molecule has 0 radical (unpaired) electrons. The Hall–Kier alpha value is -2.47. The van der Waals surface area contributed by atoms with Gasteiger partial charge in [-0.2, -0.15) is 0 Å². The van der Waals surface area contributed by atoms with Crippen LogP contribution in [0.25, 0.3) is 10.9 Å². The summed E-state index contributed by atoms with van der Waals surface area (Å²) in [5.41, 5.74) is 4.04. The third-order valence-corrected chi connectivity index (χ3v) is 5.39. The first kappa shape index (κ1) is 19.3. The van der Waals surface area contributed by atoms with Crippen LogP contribution >= 0.6 is 0 Å². The molecule has 6 nitrogen and oxygen atoms in total. The molecule has 1 saturated heterocycles. The lowest BCUT2D eigenvalue weighted by atomic mass is 9.99. The molecule has 1 aliphatic rings. The highest BCUT2D eigenvalue weighted by molar-refractivity contribution is 5.86. The number of aromatic nitrogens is 1. The van der Waals surface area contributed by atoms with E-state index in [2.05, 4.69) is 28.2 Å². The molecule has 2 aromatic rings. The van der Waals surface area contributed by atoms with Gasteiger partial charge in [-0.1, -0.05) is 18.2 Å². The van der Waals surface area contributed by atoms with Crippen molar-refractivity contribution < 1.29 is 9.59 Å². The number of hydrogen-bond donors (Lipinski definition) is 1. The monoisotopic (exact) mass is 368 g/mol. The van der Waals surface area contributed by atoms with Gasteiger partial charge in [0, 0.05) is 57.3 Å². The first-order chi connectivity index (χ1) is 13.0. The van der Waals surface area contributed by atoms with Crippen LogP contribution in [0.15, 0.2) is 24.3 Å². The molecule has 1 aromatic carbocycles. The number of para-hydroxylation sites is 1. The zero-order valence-electron chi connectivity index (χ0n) is 16.4.